The smallest absolute Gasteiger partial charge is 0.272 e. The van der Waals surface area contributed by atoms with E-state index in [0.29, 0.717) is 10.6 Å². The average molecular weight is 288 g/mol. The van der Waals surface area contributed by atoms with Gasteiger partial charge >= 0.3 is 0 Å². The molecule has 0 N–H and O–H groups in total. The zero-order valence-corrected chi connectivity index (χ0v) is 11.6. The number of hydrogen-bond donors (Lipinski definition) is 0. The van der Waals surface area contributed by atoms with E-state index in [9.17, 15) is 4.79 Å². The van der Waals surface area contributed by atoms with Crippen LogP contribution in [0.15, 0.2) is 40.8 Å². The number of thiazole rings is 1. The van der Waals surface area contributed by atoms with E-state index in [0.717, 1.165) is 11.3 Å². The van der Waals surface area contributed by atoms with Crippen molar-refractivity contribution in [3.63, 3.8) is 0 Å². The maximum Gasteiger partial charge on any atom is 0.272 e. The molecule has 0 bridgehead atoms. The number of rotatable bonds is 2. The maximum absolute atomic E-state index is 11.8. The largest absolute Gasteiger partial charge is 0.454 e. The number of aromatic nitrogens is 1. The van der Waals surface area contributed by atoms with Crippen LogP contribution in [0.3, 0.4) is 0 Å². The minimum Gasteiger partial charge on any atom is -0.454 e. The zero-order valence-electron chi connectivity index (χ0n) is 10.8. The van der Waals surface area contributed by atoms with Crippen molar-refractivity contribution < 1.29 is 14.3 Å². The number of benzene rings is 1. The summed E-state index contributed by atoms with van der Waals surface area (Å²) in [4.78, 5) is 16.4. The lowest BCUT2D eigenvalue weighted by Crippen LogP contribution is -2.11. The van der Waals surface area contributed by atoms with Gasteiger partial charge in [0.25, 0.3) is 5.91 Å². The van der Waals surface area contributed by atoms with E-state index >= 15 is 0 Å². The number of fused-ring (bicyclic) bond motifs is 1. The highest BCUT2D eigenvalue weighted by Gasteiger charge is 2.12. The van der Waals surface area contributed by atoms with Gasteiger partial charge in [-0.2, -0.15) is 4.99 Å². The number of carbonyl (C=O) groups excluding carboxylic acids is 1. The van der Waals surface area contributed by atoms with Gasteiger partial charge in [0, 0.05) is 24.7 Å². The lowest BCUT2D eigenvalue weighted by molar-refractivity contribution is -0.113. The Kier molecular flexibility index (Phi) is 3.39. The van der Waals surface area contributed by atoms with Crippen molar-refractivity contribution in [2.45, 2.75) is 0 Å². The Labute approximate surface area is 119 Å². The first kappa shape index (κ1) is 12.7. The van der Waals surface area contributed by atoms with Gasteiger partial charge in [0.15, 0.2) is 16.3 Å². The van der Waals surface area contributed by atoms with Crippen LogP contribution in [0.25, 0.3) is 6.08 Å². The van der Waals surface area contributed by atoms with Gasteiger partial charge in [0.2, 0.25) is 6.79 Å². The first-order valence-corrected chi connectivity index (χ1v) is 6.87. The van der Waals surface area contributed by atoms with Gasteiger partial charge in [-0.05, 0) is 23.8 Å². The summed E-state index contributed by atoms with van der Waals surface area (Å²) in [6.45, 7) is 0.242. The van der Waals surface area contributed by atoms with Crippen LogP contribution in [-0.4, -0.2) is 17.3 Å². The Hall–Kier alpha value is -2.34. The summed E-state index contributed by atoms with van der Waals surface area (Å²) in [5, 5.41) is 1.88. The monoisotopic (exact) mass is 288 g/mol. The van der Waals surface area contributed by atoms with Crippen LogP contribution in [-0.2, 0) is 11.8 Å². The molecule has 0 saturated carbocycles. The number of aryl methyl sites for hydroxylation is 1. The highest BCUT2D eigenvalue weighted by molar-refractivity contribution is 7.07. The average Bonchev–Trinajstić information content (AvgIpc) is 3.05. The minimum atomic E-state index is -0.291. The highest BCUT2D eigenvalue weighted by atomic mass is 32.1. The summed E-state index contributed by atoms with van der Waals surface area (Å²) >= 11 is 1.42. The normalized spacial score (nSPS) is 14.2. The van der Waals surface area contributed by atoms with Crippen LogP contribution in [0.5, 0.6) is 11.5 Å². The van der Waals surface area contributed by atoms with Gasteiger partial charge < -0.3 is 14.0 Å². The lowest BCUT2D eigenvalue weighted by Gasteiger charge is -1.96. The molecule has 2 aromatic rings. The highest BCUT2D eigenvalue weighted by Crippen LogP contribution is 2.32. The second-order valence-electron chi connectivity index (χ2n) is 4.19. The molecule has 1 aliphatic rings. The van der Waals surface area contributed by atoms with Crippen LogP contribution in [0.1, 0.15) is 5.56 Å². The topological polar surface area (TPSA) is 52.8 Å². The molecule has 20 heavy (non-hydrogen) atoms. The van der Waals surface area contributed by atoms with Crippen LogP contribution in [0.4, 0.5) is 0 Å². The van der Waals surface area contributed by atoms with Crippen molar-refractivity contribution in [1.82, 2.24) is 4.57 Å². The summed E-state index contributed by atoms with van der Waals surface area (Å²) < 4.78 is 12.3. The molecule has 1 aromatic heterocycles. The molecule has 2 heterocycles. The van der Waals surface area contributed by atoms with Crippen molar-refractivity contribution in [1.29, 1.82) is 0 Å². The molecule has 1 aromatic carbocycles. The predicted molar refractivity (Wildman–Crippen MR) is 75.5 cm³/mol. The van der Waals surface area contributed by atoms with Crippen LogP contribution in [0.2, 0.25) is 0 Å². The predicted octanol–water partition coefficient (Wildman–Crippen LogP) is 1.96. The van der Waals surface area contributed by atoms with E-state index in [4.69, 9.17) is 9.47 Å². The third-order valence-corrected chi connectivity index (χ3v) is 3.63. The first-order chi connectivity index (χ1) is 9.72. The molecule has 1 aliphatic heterocycles. The number of ether oxygens (including phenoxy) is 2. The molecule has 5 nitrogen and oxygen atoms in total. The second kappa shape index (κ2) is 5.34. The van der Waals surface area contributed by atoms with Crippen molar-refractivity contribution in [3.05, 3.63) is 46.2 Å². The summed E-state index contributed by atoms with van der Waals surface area (Å²) in [6, 6.07) is 5.52. The van der Waals surface area contributed by atoms with Gasteiger partial charge in [-0.3, -0.25) is 4.79 Å². The molecule has 6 heteroatoms. The molecule has 0 spiro atoms. The third-order valence-electron chi connectivity index (χ3n) is 2.78. The molecule has 0 atom stereocenters. The summed E-state index contributed by atoms with van der Waals surface area (Å²) in [6.07, 6.45) is 5.01. The van der Waals surface area contributed by atoms with E-state index < -0.39 is 0 Å². The number of hydrogen-bond acceptors (Lipinski definition) is 4. The summed E-state index contributed by atoms with van der Waals surface area (Å²) in [5.41, 5.74) is 0.869. The van der Waals surface area contributed by atoms with Gasteiger partial charge in [-0.15, -0.1) is 11.3 Å². The standard InChI is InChI=1S/C14H12N2O3S/c1-16-6-7-20-14(16)15-13(17)5-3-10-2-4-11-12(8-10)19-9-18-11/h2-8H,9H2,1H3. The van der Waals surface area contributed by atoms with Crippen molar-refractivity contribution in [2.24, 2.45) is 12.0 Å². The van der Waals surface area contributed by atoms with Crippen molar-refractivity contribution in [3.8, 4) is 11.5 Å². The van der Waals surface area contributed by atoms with Crippen LogP contribution >= 0.6 is 11.3 Å². The van der Waals surface area contributed by atoms with Crippen molar-refractivity contribution >= 4 is 23.3 Å². The molecule has 0 saturated heterocycles. The Balaban J connectivity index is 1.78. The molecule has 102 valence electrons. The lowest BCUT2D eigenvalue weighted by atomic mass is 10.2. The summed E-state index contributed by atoms with van der Waals surface area (Å²) in [7, 11) is 1.85. The fourth-order valence-corrected chi connectivity index (χ4v) is 2.49. The maximum atomic E-state index is 11.8. The Morgan fingerprint density at radius 3 is 3.05 bits per heavy atom. The molecule has 1 amide bonds. The van der Waals surface area contributed by atoms with Crippen LogP contribution < -0.4 is 14.3 Å². The Morgan fingerprint density at radius 2 is 2.25 bits per heavy atom. The number of carbonyl (C=O) groups is 1. The molecular weight excluding hydrogens is 276 g/mol. The van der Waals surface area contributed by atoms with E-state index in [2.05, 4.69) is 4.99 Å². The van der Waals surface area contributed by atoms with E-state index in [1.807, 2.05) is 36.8 Å². The quantitative estimate of drug-likeness (QED) is 0.794. The Morgan fingerprint density at radius 1 is 1.40 bits per heavy atom. The fourth-order valence-electron chi connectivity index (χ4n) is 1.75. The van der Waals surface area contributed by atoms with Gasteiger partial charge in [-0.1, -0.05) is 6.07 Å². The first-order valence-electron chi connectivity index (χ1n) is 5.99. The van der Waals surface area contributed by atoms with Crippen molar-refractivity contribution in [2.75, 3.05) is 6.79 Å². The fraction of sp³-hybridized carbons (Fsp3) is 0.143. The molecule has 0 unspecified atom stereocenters. The molecule has 0 radical (unpaired) electrons. The summed E-state index contributed by atoms with van der Waals surface area (Å²) in [5.74, 6) is 1.13. The van der Waals surface area contributed by atoms with Gasteiger partial charge in [0.1, 0.15) is 0 Å². The van der Waals surface area contributed by atoms with Gasteiger partial charge in [0.05, 0.1) is 0 Å². The van der Waals surface area contributed by atoms with Crippen LogP contribution in [0, 0.1) is 0 Å². The number of nitrogens with zero attached hydrogens (tertiary/aromatic N) is 2. The van der Waals surface area contributed by atoms with Gasteiger partial charge in [-0.25, -0.2) is 0 Å². The van der Waals surface area contributed by atoms with E-state index in [-0.39, 0.29) is 12.7 Å². The second-order valence-corrected chi connectivity index (χ2v) is 5.07. The van der Waals surface area contributed by atoms with E-state index in [1.54, 1.807) is 10.6 Å². The Bertz CT molecular complexity index is 743. The minimum absolute atomic E-state index is 0.242. The van der Waals surface area contributed by atoms with E-state index in [1.165, 1.54) is 17.4 Å². The SMILES string of the molecule is Cn1ccsc1=NC(=O)C=Cc1ccc2c(c1)OCO2. The molecule has 0 aliphatic carbocycles. The molecule has 0 fully saturated rings. The third kappa shape index (κ3) is 2.65. The zero-order chi connectivity index (χ0) is 13.9. The molecule has 3 rings (SSSR count). The number of amides is 1. The molecular formula is C14H12N2O3S.